The van der Waals surface area contributed by atoms with E-state index >= 15 is 0 Å². The molecule has 19 heavy (non-hydrogen) atoms. The van der Waals surface area contributed by atoms with Crippen molar-refractivity contribution in [1.29, 1.82) is 0 Å². The van der Waals surface area contributed by atoms with Crippen molar-refractivity contribution in [1.82, 2.24) is 4.72 Å². The maximum absolute atomic E-state index is 12.2. The minimum Gasteiger partial charge on any atom is -0.330 e. The van der Waals surface area contributed by atoms with Crippen LogP contribution in [0.25, 0.3) is 0 Å². The van der Waals surface area contributed by atoms with Gasteiger partial charge in [0.25, 0.3) is 0 Å². The van der Waals surface area contributed by atoms with Gasteiger partial charge in [-0.2, -0.15) is 0 Å². The molecule has 0 aromatic heterocycles. The van der Waals surface area contributed by atoms with E-state index in [1.54, 1.807) is 0 Å². The molecule has 1 unspecified atom stereocenters. The van der Waals surface area contributed by atoms with E-state index in [2.05, 4.69) is 4.72 Å². The molecule has 0 radical (unpaired) electrons. The Labute approximate surface area is 116 Å². The highest BCUT2D eigenvalue weighted by Crippen LogP contribution is 2.18. The predicted molar refractivity (Wildman–Crippen MR) is 79.5 cm³/mol. The Bertz CT molecular complexity index is 483. The molecule has 108 valence electrons. The molecule has 1 atom stereocenters. The summed E-state index contributed by atoms with van der Waals surface area (Å²) in [6.07, 6.45) is 0.617. The quantitative estimate of drug-likeness (QED) is 0.802. The lowest BCUT2D eigenvalue weighted by molar-refractivity contribution is 0.427. The summed E-state index contributed by atoms with van der Waals surface area (Å²) >= 11 is 0. The van der Waals surface area contributed by atoms with E-state index in [9.17, 15) is 8.42 Å². The first-order chi connectivity index (χ1) is 8.76. The minimum atomic E-state index is -3.31. The first-order valence-electron chi connectivity index (χ1n) is 6.52. The molecule has 0 aliphatic carbocycles. The normalized spacial score (nSPS) is 14.3. The van der Waals surface area contributed by atoms with Crippen LogP contribution in [-0.4, -0.2) is 26.3 Å². The van der Waals surface area contributed by atoms with Crippen LogP contribution in [0, 0.1) is 0 Å². The Morgan fingerprint density at radius 2 is 1.84 bits per heavy atom. The second-order valence-electron chi connectivity index (χ2n) is 5.62. The smallest absolute Gasteiger partial charge is 0.212 e. The van der Waals surface area contributed by atoms with Gasteiger partial charge in [-0.05, 0) is 38.3 Å². The lowest BCUT2D eigenvalue weighted by Gasteiger charge is -2.26. The molecule has 3 N–H and O–H groups in total. The zero-order chi connectivity index (χ0) is 14.5. The Morgan fingerprint density at radius 3 is 2.37 bits per heavy atom. The highest BCUT2D eigenvalue weighted by molar-refractivity contribution is 7.89. The molecule has 0 aliphatic heterocycles. The van der Waals surface area contributed by atoms with Crippen molar-refractivity contribution in [3.63, 3.8) is 0 Å². The number of benzene rings is 1. The third kappa shape index (κ3) is 5.72. The van der Waals surface area contributed by atoms with Crippen LogP contribution in [0.1, 0.15) is 38.7 Å². The molecule has 0 heterocycles. The summed E-state index contributed by atoms with van der Waals surface area (Å²) in [7, 11) is -3.31. The number of nitrogens with one attached hydrogen (secondary N) is 1. The highest BCUT2D eigenvalue weighted by atomic mass is 32.2. The molecule has 0 spiro atoms. The van der Waals surface area contributed by atoms with Gasteiger partial charge in [0.1, 0.15) is 0 Å². The van der Waals surface area contributed by atoms with E-state index in [-0.39, 0.29) is 11.7 Å². The SMILES string of the molecule is CC(CS(=O)(=O)NC(C)(C)CCN)c1ccccc1. The fourth-order valence-corrected chi connectivity index (χ4v) is 3.96. The first-order valence-corrected chi connectivity index (χ1v) is 8.18. The third-order valence-corrected chi connectivity index (χ3v) is 4.84. The van der Waals surface area contributed by atoms with Crippen molar-refractivity contribution in [2.24, 2.45) is 5.73 Å². The summed E-state index contributed by atoms with van der Waals surface area (Å²) in [5.74, 6) is 0.0535. The zero-order valence-electron chi connectivity index (χ0n) is 11.9. The molecule has 0 fully saturated rings. The Morgan fingerprint density at radius 1 is 1.26 bits per heavy atom. The molecule has 0 bridgehead atoms. The van der Waals surface area contributed by atoms with Crippen LogP contribution in [0.15, 0.2) is 30.3 Å². The number of nitrogens with two attached hydrogens (primary N) is 1. The van der Waals surface area contributed by atoms with Gasteiger partial charge >= 0.3 is 0 Å². The number of sulfonamides is 1. The van der Waals surface area contributed by atoms with Gasteiger partial charge in [0.2, 0.25) is 10.0 Å². The highest BCUT2D eigenvalue weighted by Gasteiger charge is 2.25. The van der Waals surface area contributed by atoms with Crippen LogP contribution in [0.4, 0.5) is 0 Å². The van der Waals surface area contributed by atoms with E-state index in [0.29, 0.717) is 13.0 Å². The summed E-state index contributed by atoms with van der Waals surface area (Å²) in [6.45, 7) is 6.09. The largest absolute Gasteiger partial charge is 0.330 e. The zero-order valence-corrected chi connectivity index (χ0v) is 12.7. The van der Waals surface area contributed by atoms with E-state index in [4.69, 9.17) is 5.73 Å². The van der Waals surface area contributed by atoms with E-state index < -0.39 is 15.6 Å². The summed E-state index contributed by atoms with van der Waals surface area (Å²) in [6, 6.07) is 9.66. The molecule has 1 aromatic carbocycles. The summed E-state index contributed by atoms with van der Waals surface area (Å²) in [4.78, 5) is 0. The molecule has 4 nitrogen and oxygen atoms in total. The Hall–Kier alpha value is -0.910. The summed E-state index contributed by atoms with van der Waals surface area (Å²) in [5, 5.41) is 0. The van der Waals surface area contributed by atoms with Crippen molar-refractivity contribution in [2.45, 2.75) is 38.6 Å². The lowest BCUT2D eigenvalue weighted by Crippen LogP contribution is -2.46. The molecule has 1 aromatic rings. The fourth-order valence-electron chi connectivity index (χ4n) is 2.08. The maximum Gasteiger partial charge on any atom is 0.212 e. The fraction of sp³-hybridized carbons (Fsp3) is 0.571. The predicted octanol–water partition coefficient (Wildman–Crippen LogP) is 1.84. The lowest BCUT2D eigenvalue weighted by atomic mass is 10.0. The van der Waals surface area contributed by atoms with Crippen LogP contribution in [0.2, 0.25) is 0 Å². The third-order valence-electron chi connectivity index (χ3n) is 3.04. The van der Waals surface area contributed by atoms with Crippen molar-refractivity contribution in [3.8, 4) is 0 Å². The number of rotatable bonds is 7. The number of hydrogen-bond acceptors (Lipinski definition) is 3. The van der Waals surface area contributed by atoms with Crippen LogP contribution in [0.5, 0.6) is 0 Å². The van der Waals surface area contributed by atoms with Gasteiger partial charge in [0.15, 0.2) is 0 Å². The van der Waals surface area contributed by atoms with Crippen molar-refractivity contribution in [2.75, 3.05) is 12.3 Å². The summed E-state index contributed by atoms with van der Waals surface area (Å²) < 4.78 is 27.0. The van der Waals surface area contributed by atoms with Crippen LogP contribution >= 0.6 is 0 Å². The average Bonchev–Trinajstić information content (AvgIpc) is 2.27. The van der Waals surface area contributed by atoms with E-state index in [1.165, 1.54) is 0 Å². The van der Waals surface area contributed by atoms with Crippen LogP contribution in [0.3, 0.4) is 0 Å². The molecule has 5 heteroatoms. The Kier molecular flexibility index (Phi) is 5.52. The second-order valence-corrected chi connectivity index (χ2v) is 7.38. The molecular formula is C14H24N2O2S. The number of hydrogen-bond donors (Lipinski definition) is 2. The van der Waals surface area contributed by atoms with Gasteiger partial charge in [-0.1, -0.05) is 37.3 Å². The standard InChI is InChI=1S/C14H24N2O2S/c1-12(13-7-5-4-6-8-13)11-19(17,18)16-14(2,3)9-10-15/h4-8,12,16H,9-11,15H2,1-3H3. The van der Waals surface area contributed by atoms with Gasteiger partial charge in [0, 0.05) is 5.54 Å². The van der Waals surface area contributed by atoms with Gasteiger partial charge < -0.3 is 5.73 Å². The van der Waals surface area contributed by atoms with Gasteiger partial charge in [0.05, 0.1) is 5.75 Å². The van der Waals surface area contributed by atoms with E-state index in [0.717, 1.165) is 5.56 Å². The monoisotopic (exact) mass is 284 g/mol. The van der Waals surface area contributed by atoms with Crippen LogP contribution < -0.4 is 10.5 Å². The maximum atomic E-state index is 12.2. The molecular weight excluding hydrogens is 260 g/mol. The van der Waals surface area contributed by atoms with Gasteiger partial charge in [-0.25, -0.2) is 13.1 Å². The topological polar surface area (TPSA) is 72.2 Å². The summed E-state index contributed by atoms with van der Waals surface area (Å²) in [5.41, 5.74) is 6.03. The second kappa shape index (κ2) is 6.50. The Balaban J connectivity index is 2.70. The van der Waals surface area contributed by atoms with Crippen molar-refractivity contribution < 1.29 is 8.42 Å². The average molecular weight is 284 g/mol. The molecule has 1 rings (SSSR count). The van der Waals surface area contributed by atoms with Crippen molar-refractivity contribution in [3.05, 3.63) is 35.9 Å². The molecule has 0 saturated heterocycles. The van der Waals surface area contributed by atoms with Crippen molar-refractivity contribution >= 4 is 10.0 Å². The first kappa shape index (κ1) is 16.1. The molecule has 0 saturated carbocycles. The minimum absolute atomic E-state index is 0.0348. The van der Waals surface area contributed by atoms with Gasteiger partial charge in [-0.15, -0.1) is 0 Å². The molecule has 0 aliphatic rings. The van der Waals surface area contributed by atoms with Crippen LogP contribution in [-0.2, 0) is 10.0 Å². The van der Waals surface area contributed by atoms with E-state index in [1.807, 2.05) is 51.1 Å². The van der Waals surface area contributed by atoms with Gasteiger partial charge in [-0.3, -0.25) is 0 Å². The molecule has 0 amide bonds.